The third-order valence-corrected chi connectivity index (χ3v) is 5.30. The second-order valence-electron chi connectivity index (χ2n) is 7.52. The number of carbonyl (C=O) groups is 1. The average Bonchev–Trinajstić information content (AvgIpc) is 3.33. The maximum atomic E-state index is 13.8. The molecule has 0 aromatic carbocycles. The summed E-state index contributed by atoms with van der Waals surface area (Å²) in [4.78, 5) is 22.9. The first-order chi connectivity index (χ1) is 12.3. The number of carbonyl (C=O) groups excluding carboxylic acids is 1. The molecule has 2 aromatic rings. The molecule has 1 atom stereocenters. The van der Waals surface area contributed by atoms with Crippen molar-refractivity contribution < 1.29 is 13.6 Å². The van der Waals surface area contributed by atoms with Crippen LogP contribution in [0.15, 0.2) is 12.4 Å². The van der Waals surface area contributed by atoms with E-state index in [1.165, 1.54) is 0 Å². The van der Waals surface area contributed by atoms with Crippen LogP contribution in [0, 0.1) is 12.8 Å². The molecule has 0 unspecified atom stereocenters. The fraction of sp³-hybridized carbons (Fsp3) is 0.611. The Kier molecular flexibility index (Phi) is 4.08. The number of aryl methyl sites for hydroxylation is 1. The van der Waals surface area contributed by atoms with Crippen LogP contribution in [-0.2, 0) is 0 Å². The Morgan fingerprint density at radius 1 is 1.42 bits per heavy atom. The second kappa shape index (κ2) is 6.17. The molecule has 1 saturated carbocycles. The van der Waals surface area contributed by atoms with Crippen LogP contribution in [0.1, 0.15) is 48.8 Å². The number of rotatable bonds is 4. The summed E-state index contributed by atoms with van der Waals surface area (Å²) in [5, 5.41) is 2.98. The summed E-state index contributed by atoms with van der Waals surface area (Å²) in [7, 11) is 0. The smallest absolute Gasteiger partial charge is 0.274 e. The van der Waals surface area contributed by atoms with Gasteiger partial charge in [-0.05, 0) is 39.0 Å². The molecule has 2 fully saturated rings. The number of aromatic nitrogens is 3. The van der Waals surface area contributed by atoms with Crippen molar-refractivity contribution in [2.75, 3.05) is 18.0 Å². The molecule has 1 aliphatic carbocycles. The van der Waals surface area contributed by atoms with Crippen LogP contribution >= 0.6 is 0 Å². The molecule has 26 heavy (non-hydrogen) atoms. The van der Waals surface area contributed by atoms with Crippen molar-refractivity contribution in [1.29, 1.82) is 0 Å². The van der Waals surface area contributed by atoms with E-state index in [0.29, 0.717) is 30.3 Å². The Hall–Kier alpha value is -2.25. The fourth-order valence-corrected chi connectivity index (χ4v) is 3.58. The highest BCUT2D eigenvalue weighted by Crippen LogP contribution is 2.33. The standard InChI is InChI=1S/C18H23F2N5O/c1-11-8-14(24-7-3-6-18(19,20)9-24)23-16-15(21-10-25(11)16)17(26)22-12(2)13-4-5-13/h8,10,12-13H,3-7,9H2,1-2H3,(H,22,26)/t12-/m0/s1. The van der Waals surface area contributed by atoms with Gasteiger partial charge in [0.15, 0.2) is 11.3 Å². The summed E-state index contributed by atoms with van der Waals surface area (Å²) in [5.41, 5.74) is 1.46. The minimum absolute atomic E-state index is 0.0931. The molecule has 0 bridgehead atoms. The molecule has 0 spiro atoms. The lowest BCUT2D eigenvalue weighted by Crippen LogP contribution is -2.43. The van der Waals surface area contributed by atoms with Crippen LogP contribution in [-0.4, -0.2) is 45.3 Å². The molecule has 1 aliphatic heterocycles. The van der Waals surface area contributed by atoms with E-state index < -0.39 is 5.92 Å². The van der Waals surface area contributed by atoms with E-state index in [1.807, 2.05) is 13.8 Å². The van der Waals surface area contributed by atoms with Gasteiger partial charge in [-0.15, -0.1) is 0 Å². The van der Waals surface area contributed by atoms with Crippen molar-refractivity contribution in [3.63, 3.8) is 0 Å². The number of nitrogens with zero attached hydrogens (tertiary/aromatic N) is 4. The van der Waals surface area contributed by atoms with Gasteiger partial charge in [-0.25, -0.2) is 18.7 Å². The molecule has 140 valence electrons. The molecule has 1 amide bonds. The van der Waals surface area contributed by atoms with Crippen LogP contribution in [0.4, 0.5) is 14.6 Å². The summed E-state index contributed by atoms with van der Waals surface area (Å²) in [5.74, 6) is -1.96. The van der Waals surface area contributed by atoms with Crippen molar-refractivity contribution in [3.05, 3.63) is 23.8 Å². The lowest BCUT2D eigenvalue weighted by molar-refractivity contribution is -0.0118. The largest absolute Gasteiger partial charge is 0.350 e. The van der Waals surface area contributed by atoms with E-state index in [9.17, 15) is 13.6 Å². The number of nitrogens with one attached hydrogen (secondary N) is 1. The third kappa shape index (κ3) is 3.24. The minimum Gasteiger partial charge on any atom is -0.350 e. The Morgan fingerprint density at radius 2 is 2.19 bits per heavy atom. The highest BCUT2D eigenvalue weighted by atomic mass is 19.3. The third-order valence-electron chi connectivity index (χ3n) is 5.30. The van der Waals surface area contributed by atoms with Gasteiger partial charge in [0.2, 0.25) is 0 Å². The fourth-order valence-electron chi connectivity index (χ4n) is 3.58. The van der Waals surface area contributed by atoms with E-state index in [0.717, 1.165) is 18.5 Å². The number of hydrogen-bond acceptors (Lipinski definition) is 4. The van der Waals surface area contributed by atoms with Gasteiger partial charge in [-0.1, -0.05) is 0 Å². The Morgan fingerprint density at radius 3 is 2.88 bits per heavy atom. The van der Waals surface area contributed by atoms with Gasteiger partial charge < -0.3 is 10.2 Å². The SMILES string of the molecule is Cc1cc(N2CCCC(F)(F)C2)nc2c(C(=O)N[C@@H](C)C3CC3)ncn12. The maximum Gasteiger partial charge on any atom is 0.274 e. The minimum atomic E-state index is -2.71. The van der Waals surface area contributed by atoms with Crippen molar-refractivity contribution in [2.24, 2.45) is 5.92 Å². The number of anilines is 1. The average molecular weight is 363 g/mol. The topological polar surface area (TPSA) is 62.5 Å². The first kappa shape index (κ1) is 17.2. The molecule has 8 heteroatoms. The molecule has 1 N–H and O–H groups in total. The lowest BCUT2D eigenvalue weighted by atomic mass is 10.1. The number of fused-ring (bicyclic) bond motifs is 1. The highest BCUT2D eigenvalue weighted by molar-refractivity contribution is 5.98. The maximum absolute atomic E-state index is 13.8. The van der Waals surface area contributed by atoms with Crippen LogP contribution in [0.5, 0.6) is 0 Å². The van der Waals surface area contributed by atoms with Gasteiger partial charge in [-0.2, -0.15) is 0 Å². The van der Waals surface area contributed by atoms with Crippen LogP contribution in [0.25, 0.3) is 5.65 Å². The summed E-state index contributed by atoms with van der Waals surface area (Å²) in [6, 6.07) is 1.87. The zero-order valence-electron chi connectivity index (χ0n) is 15.0. The van der Waals surface area contributed by atoms with Gasteiger partial charge in [0, 0.05) is 30.8 Å². The van der Waals surface area contributed by atoms with Crippen LogP contribution in [0.2, 0.25) is 0 Å². The summed E-state index contributed by atoms with van der Waals surface area (Å²) >= 11 is 0. The van der Waals surface area contributed by atoms with E-state index in [-0.39, 0.29) is 30.6 Å². The molecule has 6 nitrogen and oxygen atoms in total. The summed E-state index contributed by atoms with van der Waals surface area (Å²) < 4.78 is 29.3. The number of imidazole rings is 1. The van der Waals surface area contributed by atoms with E-state index in [2.05, 4.69) is 15.3 Å². The van der Waals surface area contributed by atoms with Gasteiger partial charge >= 0.3 is 0 Å². The van der Waals surface area contributed by atoms with E-state index in [1.54, 1.807) is 21.7 Å². The summed E-state index contributed by atoms with van der Waals surface area (Å²) in [6.45, 7) is 4.04. The summed E-state index contributed by atoms with van der Waals surface area (Å²) in [6.07, 6.45) is 4.16. The Bertz CT molecular complexity index is 845. The van der Waals surface area contributed by atoms with Crippen molar-refractivity contribution >= 4 is 17.4 Å². The predicted octanol–water partition coefficient (Wildman–Crippen LogP) is 2.80. The number of alkyl halides is 2. The van der Waals surface area contributed by atoms with Crippen molar-refractivity contribution in [2.45, 2.75) is 51.5 Å². The van der Waals surface area contributed by atoms with E-state index >= 15 is 0 Å². The van der Waals surface area contributed by atoms with Gasteiger partial charge in [0.1, 0.15) is 12.1 Å². The first-order valence-corrected chi connectivity index (χ1v) is 9.12. The zero-order chi connectivity index (χ0) is 18.5. The molecular weight excluding hydrogens is 340 g/mol. The molecular formula is C18H23F2N5O. The van der Waals surface area contributed by atoms with Gasteiger partial charge in [-0.3, -0.25) is 9.20 Å². The monoisotopic (exact) mass is 363 g/mol. The van der Waals surface area contributed by atoms with Gasteiger partial charge in [0.25, 0.3) is 11.8 Å². The quantitative estimate of drug-likeness (QED) is 0.907. The molecule has 2 aromatic heterocycles. The number of hydrogen-bond donors (Lipinski definition) is 1. The van der Waals surface area contributed by atoms with Crippen LogP contribution < -0.4 is 10.2 Å². The van der Waals surface area contributed by atoms with Crippen molar-refractivity contribution in [1.82, 2.24) is 19.7 Å². The highest BCUT2D eigenvalue weighted by Gasteiger charge is 2.36. The molecule has 0 radical (unpaired) electrons. The van der Waals surface area contributed by atoms with Crippen LogP contribution in [0.3, 0.4) is 0 Å². The normalized spacial score (nSPS) is 21.0. The second-order valence-corrected chi connectivity index (χ2v) is 7.52. The molecule has 4 rings (SSSR count). The van der Waals surface area contributed by atoms with Gasteiger partial charge in [0.05, 0.1) is 6.54 Å². The number of piperidine rings is 1. The molecule has 1 saturated heterocycles. The Labute approximate surface area is 150 Å². The first-order valence-electron chi connectivity index (χ1n) is 9.12. The predicted molar refractivity (Wildman–Crippen MR) is 93.8 cm³/mol. The molecule has 3 heterocycles. The number of halogens is 2. The van der Waals surface area contributed by atoms with Crippen molar-refractivity contribution in [3.8, 4) is 0 Å². The zero-order valence-corrected chi connectivity index (χ0v) is 15.0. The number of amides is 1. The van der Waals surface area contributed by atoms with E-state index in [4.69, 9.17) is 0 Å². The molecule has 2 aliphatic rings. The lowest BCUT2D eigenvalue weighted by Gasteiger charge is -2.33. The Balaban J connectivity index is 1.65.